The van der Waals surface area contributed by atoms with E-state index in [0.717, 1.165) is 19.5 Å². The number of hydrogen-bond acceptors (Lipinski definition) is 3. The van der Waals surface area contributed by atoms with E-state index in [2.05, 4.69) is 15.3 Å². The van der Waals surface area contributed by atoms with Gasteiger partial charge in [0.25, 0.3) is 0 Å². The maximum atomic E-state index is 8.05. The summed E-state index contributed by atoms with van der Waals surface area (Å²) in [6.45, 7) is 3.02. The van der Waals surface area contributed by atoms with Crippen molar-refractivity contribution in [1.29, 1.82) is 0 Å². The first-order valence-corrected chi connectivity index (χ1v) is 3.76. The summed E-state index contributed by atoms with van der Waals surface area (Å²) < 4.78 is 5.38. The van der Waals surface area contributed by atoms with Crippen LogP contribution in [-0.2, 0) is 4.74 Å². The molecule has 1 unspecified atom stereocenters. The van der Waals surface area contributed by atoms with E-state index in [9.17, 15) is 0 Å². The summed E-state index contributed by atoms with van der Waals surface area (Å²) in [6, 6.07) is 0. The molecule has 1 rings (SSSR count). The fraction of sp³-hybridized carbons (Fsp3) is 1.00. The molecule has 0 saturated carbocycles. The number of nitrogens with zero attached hydrogens (tertiary/aromatic N) is 3. The predicted octanol–water partition coefficient (Wildman–Crippen LogP) is 1.10. The molecule has 0 aromatic heterocycles. The van der Waals surface area contributed by atoms with Gasteiger partial charge in [-0.1, -0.05) is 5.11 Å². The summed E-state index contributed by atoms with van der Waals surface area (Å²) in [5, 5.41) is 6.66. The van der Waals surface area contributed by atoms with Crippen molar-refractivity contribution in [2.45, 2.75) is 12.5 Å². The number of hydrogen-bond donors (Lipinski definition) is 1. The fourth-order valence-electron chi connectivity index (χ4n) is 1.04. The molecule has 1 aliphatic heterocycles. The third kappa shape index (κ3) is 4.41. The third-order valence-electron chi connectivity index (χ3n) is 1.62. The van der Waals surface area contributed by atoms with Gasteiger partial charge in [0.2, 0.25) is 0 Å². The van der Waals surface area contributed by atoms with Crippen molar-refractivity contribution in [2.75, 3.05) is 26.2 Å². The molecular weight excluding hydrogens is 180 g/mol. The van der Waals surface area contributed by atoms with E-state index in [0.29, 0.717) is 13.2 Å². The molecule has 0 bridgehead atoms. The minimum absolute atomic E-state index is 0. The molecule has 0 aromatic rings. The summed E-state index contributed by atoms with van der Waals surface area (Å²) in [5.74, 6) is 0. The Hall–Kier alpha value is -0.480. The minimum Gasteiger partial charge on any atom is -0.377 e. The predicted molar refractivity (Wildman–Crippen MR) is 48.5 cm³/mol. The molecule has 70 valence electrons. The van der Waals surface area contributed by atoms with Gasteiger partial charge in [-0.25, -0.2) is 0 Å². The van der Waals surface area contributed by atoms with Crippen molar-refractivity contribution in [2.24, 2.45) is 5.11 Å². The van der Waals surface area contributed by atoms with E-state index < -0.39 is 0 Å². The summed E-state index contributed by atoms with van der Waals surface area (Å²) in [6.07, 6.45) is 1.04. The Labute approximate surface area is 77.5 Å². The molecule has 6 heteroatoms. The second-order valence-electron chi connectivity index (χ2n) is 2.44. The lowest BCUT2D eigenvalue weighted by Crippen LogP contribution is -2.17. The second kappa shape index (κ2) is 7.18. The van der Waals surface area contributed by atoms with Crippen LogP contribution in [0, 0.1) is 0 Å². The van der Waals surface area contributed by atoms with Crippen LogP contribution in [-0.4, -0.2) is 32.3 Å². The zero-order chi connectivity index (χ0) is 7.94. The molecule has 5 nitrogen and oxygen atoms in total. The van der Waals surface area contributed by atoms with Gasteiger partial charge in [-0.15, -0.1) is 12.4 Å². The maximum absolute atomic E-state index is 8.05. The van der Waals surface area contributed by atoms with Gasteiger partial charge >= 0.3 is 0 Å². The van der Waals surface area contributed by atoms with Gasteiger partial charge in [0.05, 0.1) is 19.3 Å². The first-order chi connectivity index (χ1) is 5.43. The van der Waals surface area contributed by atoms with Crippen LogP contribution in [0.25, 0.3) is 10.4 Å². The largest absolute Gasteiger partial charge is 0.377 e. The number of rotatable bonds is 2. The molecule has 0 aromatic carbocycles. The third-order valence-corrected chi connectivity index (χ3v) is 1.62. The molecule has 0 amide bonds. The van der Waals surface area contributed by atoms with Crippen molar-refractivity contribution < 1.29 is 4.74 Å². The van der Waals surface area contributed by atoms with Crippen LogP contribution >= 0.6 is 12.4 Å². The van der Waals surface area contributed by atoms with Crippen molar-refractivity contribution in [3.05, 3.63) is 10.4 Å². The van der Waals surface area contributed by atoms with Crippen LogP contribution in [0.3, 0.4) is 0 Å². The molecule has 0 spiro atoms. The maximum Gasteiger partial charge on any atom is 0.0644 e. The summed E-state index contributed by atoms with van der Waals surface area (Å²) >= 11 is 0. The van der Waals surface area contributed by atoms with Gasteiger partial charge in [-0.2, -0.15) is 0 Å². The number of nitrogens with one attached hydrogen (secondary N) is 1. The highest BCUT2D eigenvalue weighted by Crippen LogP contribution is 2.01. The Morgan fingerprint density at radius 3 is 3.17 bits per heavy atom. The van der Waals surface area contributed by atoms with Crippen molar-refractivity contribution in [3.63, 3.8) is 0 Å². The first-order valence-electron chi connectivity index (χ1n) is 3.76. The molecule has 1 aliphatic rings. The summed E-state index contributed by atoms with van der Waals surface area (Å²) in [7, 11) is 0. The number of azide groups is 1. The lowest BCUT2D eigenvalue weighted by Gasteiger charge is -2.09. The highest BCUT2D eigenvalue weighted by Gasteiger charge is 2.09. The molecule has 1 N–H and O–H groups in total. The average molecular weight is 193 g/mol. The van der Waals surface area contributed by atoms with Gasteiger partial charge < -0.3 is 10.1 Å². The van der Waals surface area contributed by atoms with Gasteiger partial charge in [0, 0.05) is 11.5 Å². The Morgan fingerprint density at radius 1 is 1.58 bits per heavy atom. The van der Waals surface area contributed by atoms with Crippen LogP contribution in [0.5, 0.6) is 0 Å². The topological polar surface area (TPSA) is 70.0 Å². The molecule has 0 aliphatic carbocycles. The highest BCUT2D eigenvalue weighted by molar-refractivity contribution is 5.85. The zero-order valence-corrected chi connectivity index (χ0v) is 7.59. The Balaban J connectivity index is 0.00000121. The van der Waals surface area contributed by atoms with Crippen LogP contribution in [0.2, 0.25) is 0 Å². The molecule has 12 heavy (non-hydrogen) atoms. The van der Waals surface area contributed by atoms with E-state index in [-0.39, 0.29) is 18.5 Å². The monoisotopic (exact) mass is 192 g/mol. The second-order valence-corrected chi connectivity index (χ2v) is 2.44. The van der Waals surface area contributed by atoms with E-state index in [1.54, 1.807) is 0 Å². The molecular formula is C6H13ClN4O. The number of ether oxygens (including phenoxy) is 1. The van der Waals surface area contributed by atoms with Crippen LogP contribution < -0.4 is 5.32 Å². The molecule has 1 fully saturated rings. The smallest absolute Gasteiger partial charge is 0.0644 e. The highest BCUT2D eigenvalue weighted by atomic mass is 35.5. The van der Waals surface area contributed by atoms with Gasteiger partial charge in [-0.3, -0.25) is 0 Å². The fourth-order valence-corrected chi connectivity index (χ4v) is 1.04. The number of halogens is 1. The van der Waals surface area contributed by atoms with Crippen molar-refractivity contribution in [1.82, 2.24) is 5.32 Å². The average Bonchev–Trinajstić information content (AvgIpc) is 2.28. The lowest BCUT2D eigenvalue weighted by molar-refractivity contribution is 0.0711. The standard InChI is InChI=1S/C6H12N4O.ClH/c7-10-9-5-6-1-2-8-3-4-11-6;/h6,8H,1-5H2;1H. The van der Waals surface area contributed by atoms with Gasteiger partial charge in [0.15, 0.2) is 0 Å². The lowest BCUT2D eigenvalue weighted by atomic mass is 10.2. The zero-order valence-electron chi connectivity index (χ0n) is 6.77. The first kappa shape index (κ1) is 11.5. The Bertz CT molecular complexity index is 152. The van der Waals surface area contributed by atoms with E-state index in [1.165, 1.54) is 0 Å². The molecule has 1 heterocycles. The van der Waals surface area contributed by atoms with Gasteiger partial charge in [0.1, 0.15) is 0 Å². The molecule has 0 radical (unpaired) electrons. The minimum atomic E-state index is 0. The van der Waals surface area contributed by atoms with E-state index in [4.69, 9.17) is 10.3 Å². The van der Waals surface area contributed by atoms with Crippen LogP contribution in [0.4, 0.5) is 0 Å². The molecule has 1 saturated heterocycles. The molecule has 1 atom stereocenters. The van der Waals surface area contributed by atoms with Crippen molar-refractivity contribution >= 4 is 12.4 Å². The van der Waals surface area contributed by atoms with Crippen molar-refractivity contribution in [3.8, 4) is 0 Å². The SMILES string of the molecule is Cl.[N-]=[N+]=NCC1CCNCCO1. The Kier molecular flexibility index (Phi) is 6.90. The normalized spacial score (nSPS) is 23.2. The van der Waals surface area contributed by atoms with E-state index in [1.807, 2.05) is 0 Å². The Morgan fingerprint density at radius 2 is 2.42 bits per heavy atom. The quantitative estimate of drug-likeness (QED) is 0.404. The van der Waals surface area contributed by atoms with Crippen LogP contribution in [0.1, 0.15) is 6.42 Å². The van der Waals surface area contributed by atoms with Crippen LogP contribution in [0.15, 0.2) is 5.11 Å². The van der Waals surface area contributed by atoms with E-state index >= 15 is 0 Å². The van der Waals surface area contributed by atoms with Gasteiger partial charge in [-0.05, 0) is 18.5 Å². The summed E-state index contributed by atoms with van der Waals surface area (Å²) in [5.41, 5.74) is 8.05. The summed E-state index contributed by atoms with van der Waals surface area (Å²) in [4.78, 5) is 2.68.